The van der Waals surface area contributed by atoms with E-state index in [2.05, 4.69) is 18.7 Å². The lowest BCUT2D eigenvalue weighted by atomic mass is 9.88. The summed E-state index contributed by atoms with van der Waals surface area (Å²) >= 11 is 0. The minimum Gasteiger partial charge on any atom is -0.376 e. The van der Waals surface area contributed by atoms with E-state index in [1.54, 1.807) is 0 Å². The first-order valence-electron chi connectivity index (χ1n) is 6.33. The van der Waals surface area contributed by atoms with Gasteiger partial charge in [0.1, 0.15) is 0 Å². The molecule has 2 aliphatic rings. The van der Waals surface area contributed by atoms with E-state index in [0.717, 1.165) is 25.6 Å². The molecule has 2 aliphatic heterocycles. The molecule has 0 radical (unpaired) electrons. The van der Waals surface area contributed by atoms with Gasteiger partial charge in [0, 0.05) is 19.2 Å². The van der Waals surface area contributed by atoms with Gasteiger partial charge in [-0.05, 0) is 39.2 Å². The highest BCUT2D eigenvalue weighted by atomic mass is 16.5. The van der Waals surface area contributed by atoms with Crippen LogP contribution < -0.4 is 5.73 Å². The highest BCUT2D eigenvalue weighted by molar-refractivity contribution is 5.04. The van der Waals surface area contributed by atoms with Crippen LogP contribution in [0.25, 0.3) is 0 Å². The molecule has 3 heteroatoms. The van der Waals surface area contributed by atoms with Crippen LogP contribution in [0.1, 0.15) is 39.5 Å². The van der Waals surface area contributed by atoms with Crippen molar-refractivity contribution in [2.75, 3.05) is 19.7 Å². The number of likely N-dealkylation sites (tertiary alicyclic amines) is 1. The Morgan fingerprint density at radius 1 is 1.53 bits per heavy atom. The number of hydrogen-bond donors (Lipinski definition) is 1. The highest BCUT2D eigenvalue weighted by Gasteiger charge is 2.48. The van der Waals surface area contributed by atoms with Crippen molar-refractivity contribution >= 4 is 0 Å². The predicted octanol–water partition coefficient (Wildman–Crippen LogP) is 1.37. The van der Waals surface area contributed by atoms with Crippen molar-refractivity contribution in [3.05, 3.63) is 0 Å². The van der Waals surface area contributed by atoms with Gasteiger partial charge in [0.2, 0.25) is 0 Å². The third-order valence-electron chi connectivity index (χ3n) is 4.43. The molecule has 0 aliphatic carbocycles. The molecule has 0 aromatic carbocycles. The number of ether oxygens (including phenoxy) is 1. The molecular formula is C12H24N2O. The van der Waals surface area contributed by atoms with Gasteiger partial charge in [-0.25, -0.2) is 0 Å². The molecule has 0 bridgehead atoms. The largest absolute Gasteiger partial charge is 0.376 e. The van der Waals surface area contributed by atoms with Crippen LogP contribution in [0.2, 0.25) is 0 Å². The third-order valence-corrected chi connectivity index (χ3v) is 4.43. The van der Waals surface area contributed by atoms with E-state index >= 15 is 0 Å². The van der Waals surface area contributed by atoms with Crippen molar-refractivity contribution in [3.8, 4) is 0 Å². The van der Waals surface area contributed by atoms with Crippen LogP contribution in [0.3, 0.4) is 0 Å². The van der Waals surface area contributed by atoms with E-state index in [0.29, 0.717) is 6.10 Å². The van der Waals surface area contributed by atoms with E-state index in [-0.39, 0.29) is 5.54 Å². The minimum absolute atomic E-state index is 0.136. The fourth-order valence-corrected chi connectivity index (χ4v) is 3.38. The second-order valence-corrected chi connectivity index (χ2v) is 4.97. The van der Waals surface area contributed by atoms with E-state index < -0.39 is 0 Å². The van der Waals surface area contributed by atoms with Crippen LogP contribution in [-0.4, -0.2) is 42.3 Å². The van der Waals surface area contributed by atoms with Crippen LogP contribution in [0.15, 0.2) is 0 Å². The SMILES string of the molecule is CCC1CCCN1C1(CN)CCOC1C. The second kappa shape index (κ2) is 4.40. The van der Waals surface area contributed by atoms with Gasteiger partial charge >= 0.3 is 0 Å². The van der Waals surface area contributed by atoms with Gasteiger partial charge in [0.15, 0.2) is 0 Å². The Kier molecular flexibility index (Phi) is 3.33. The van der Waals surface area contributed by atoms with Gasteiger partial charge < -0.3 is 10.5 Å². The zero-order valence-corrected chi connectivity index (χ0v) is 10.0. The molecule has 3 nitrogen and oxygen atoms in total. The Balaban J connectivity index is 2.17. The molecule has 2 N–H and O–H groups in total. The maximum absolute atomic E-state index is 6.03. The molecule has 0 aromatic rings. The topological polar surface area (TPSA) is 38.5 Å². The number of nitrogens with two attached hydrogens (primary N) is 1. The normalized spacial score (nSPS) is 42.6. The van der Waals surface area contributed by atoms with Crippen molar-refractivity contribution in [1.29, 1.82) is 0 Å². The van der Waals surface area contributed by atoms with Crippen molar-refractivity contribution in [1.82, 2.24) is 4.90 Å². The quantitative estimate of drug-likeness (QED) is 0.768. The van der Waals surface area contributed by atoms with Gasteiger partial charge in [0.25, 0.3) is 0 Å². The van der Waals surface area contributed by atoms with Crippen molar-refractivity contribution in [2.45, 2.75) is 57.2 Å². The Labute approximate surface area is 93.0 Å². The third kappa shape index (κ3) is 1.71. The average Bonchev–Trinajstić information content (AvgIpc) is 2.84. The van der Waals surface area contributed by atoms with Crippen molar-refractivity contribution in [2.24, 2.45) is 5.73 Å². The van der Waals surface area contributed by atoms with Crippen molar-refractivity contribution < 1.29 is 4.74 Å². The Bertz CT molecular complexity index is 222. The fourth-order valence-electron chi connectivity index (χ4n) is 3.38. The summed E-state index contributed by atoms with van der Waals surface area (Å²) in [4.78, 5) is 2.64. The smallest absolute Gasteiger partial charge is 0.0743 e. The van der Waals surface area contributed by atoms with Gasteiger partial charge in [-0.2, -0.15) is 0 Å². The lowest BCUT2D eigenvalue weighted by molar-refractivity contribution is 0.00640. The fraction of sp³-hybridized carbons (Fsp3) is 1.00. The van der Waals surface area contributed by atoms with E-state index in [1.165, 1.54) is 25.8 Å². The molecule has 3 atom stereocenters. The lowest BCUT2D eigenvalue weighted by Gasteiger charge is -2.43. The maximum Gasteiger partial charge on any atom is 0.0743 e. The summed E-state index contributed by atoms with van der Waals surface area (Å²) in [6, 6.07) is 0.734. The molecule has 88 valence electrons. The van der Waals surface area contributed by atoms with Gasteiger partial charge in [-0.1, -0.05) is 6.92 Å². The summed E-state index contributed by atoms with van der Waals surface area (Å²) in [5.74, 6) is 0. The molecular weight excluding hydrogens is 188 g/mol. The number of nitrogens with zero attached hydrogens (tertiary/aromatic N) is 1. The summed E-state index contributed by atoms with van der Waals surface area (Å²) in [7, 11) is 0. The van der Waals surface area contributed by atoms with Crippen LogP contribution in [0, 0.1) is 0 Å². The molecule has 0 amide bonds. The number of hydrogen-bond acceptors (Lipinski definition) is 3. The van der Waals surface area contributed by atoms with Crippen LogP contribution in [0.4, 0.5) is 0 Å². The summed E-state index contributed by atoms with van der Waals surface area (Å²) in [5, 5.41) is 0. The first kappa shape index (κ1) is 11.4. The van der Waals surface area contributed by atoms with Gasteiger partial charge in [-0.15, -0.1) is 0 Å². The second-order valence-electron chi connectivity index (χ2n) is 4.97. The summed E-state index contributed by atoms with van der Waals surface area (Å²) in [5.41, 5.74) is 6.17. The molecule has 0 saturated carbocycles. The number of rotatable bonds is 3. The molecule has 3 unspecified atom stereocenters. The molecule has 2 rings (SSSR count). The zero-order valence-electron chi connectivity index (χ0n) is 10.0. The Hall–Kier alpha value is -0.120. The summed E-state index contributed by atoms with van der Waals surface area (Å²) in [6.45, 7) is 7.30. The van der Waals surface area contributed by atoms with Gasteiger partial charge in [-0.3, -0.25) is 4.90 Å². The molecule has 15 heavy (non-hydrogen) atoms. The zero-order chi connectivity index (χ0) is 10.9. The van der Waals surface area contributed by atoms with Gasteiger partial charge in [0.05, 0.1) is 11.6 Å². The van der Waals surface area contributed by atoms with Crippen molar-refractivity contribution in [3.63, 3.8) is 0 Å². The molecule has 2 heterocycles. The van der Waals surface area contributed by atoms with Crippen LogP contribution in [-0.2, 0) is 4.74 Å². The highest BCUT2D eigenvalue weighted by Crippen LogP contribution is 2.37. The monoisotopic (exact) mass is 212 g/mol. The molecule has 2 saturated heterocycles. The van der Waals surface area contributed by atoms with Crippen LogP contribution in [0.5, 0.6) is 0 Å². The summed E-state index contributed by atoms with van der Waals surface area (Å²) < 4.78 is 5.74. The Morgan fingerprint density at radius 2 is 2.33 bits per heavy atom. The first-order valence-corrected chi connectivity index (χ1v) is 6.33. The van der Waals surface area contributed by atoms with Crippen LogP contribution >= 0.6 is 0 Å². The predicted molar refractivity (Wildman–Crippen MR) is 61.8 cm³/mol. The molecule has 0 aromatic heterocycles. The minimum atomic E-state index is 0.136. The van der Waals surface area contributed by atoms with E-state index in [1.807, 2.05) is 0 Å². The van der Waals surface area contributed by atoms with E-state index in [9.17, 15) is 0 Å². The standard InChI is InChI=1S/C12H24N2O/c1-3-11-5-4-7-14(11)12(9-13)6-8-15-10(12)2/h10-11H,3-9,13H2,1-2H3. The lowest BCUT2D eigenvalue weighted by Crippen LogP contribution is -2.59. The first-order chi connectivity index (χ1) is 7.24. The van der Waals surface area contributed by atoms with E-state index in [4.69, 9.17) is 10.5 Å². The summed E-state index contributed by atoms with van der Waals surface area (Å²) in [6.07, 6.45) is 5.32. The Morgan fingerprint density at radius 3 is 2.87 bits per heavy atom. The maximum atomic E-state index is 6.03. The molecule has 2 fully saturated rings. The molecule has 0 spiro atoms. The average molecular weight is 212 g/mol.